The summed E-state index contributed by atoms with van der Waals surface area (Å²) in [6.45, 7) is 6.68. The molecule has 2 aromatic carbocycles. The number of para-hydroxylation sites is 1. The number of rotatable bonds is 4. The van der Waals surface area contributed by atoms with E-state index in [4.69, 9.17) is 0 Å². The van der Waals surface area contributed by atoms with Crippen molar-refractivity contribution in [2.75, 3.05) is 11.4 Å². The Kier molecular flexibility index (Phi) is 4.47. The van der Waals surface area contributed by atoms with E-state index in [-0.39, 0.29) is 5.91 Å². The van der Waals surface area contributed by atoms with Gasteiger partial charge in [-0.25, -0.2) is 4.68 Å². The zero-order valence-electron chi connectivity index (χ0n) is 14.2. The average molecular weight is 319 g/mol. The highest BCUT2D eigenvalue weighted by Gasteiger charge is 2.18. The zero-order chi connectivity index (χ0) is 17.1. The molecule has 24 heavy (non-hydrogen) atoms. The van der Waals surface area contributed by atoms with Gasteiger partial charge in [0, 0.05) is 18.4 Å². The molecular formula is C20H21N3O. The number of nitrogens with zero attached hydrogens (tertiary/aromatic N) is 3. The van der Waals surface area contributed by atoms with Gasteiger partial charge in [0.15, 0.2) is 0 Å². The number of hydrogen-bond donors (Lipinski definition) is 0. The third-order valence-corrected chi connectivity index (χ3v) is 3.93. The van der Waals surface area contributed by atoms with Crippen LogP contribution < -0.4 is 4.90 Å². The van der Waals surface area contributed by atoms with Crippen LogP contribution in [0.4, 0.5) is 5.69 Å². The first-order chi connectivity index (χ1) is 11.6. The van der Waals surface area contributed by atoms with E-state index in [0.717, 1.165) is 22.5 Å². The van der Waals surface area contributed by atoms with Crippen molar-refractivity contribution in [1.82, 2.24) is 9.78 Å². The Morgan fingerprint density at radius 3 is 2.38 bits per heavy atom. The van der Waals surface area contributed by atoms with Crippen molar-refractivity contribution in [3.05, 3.63) is 77.6 Å². The summed E-state index contributed by atoms with van der Waals surface area (Å²) in [5.41, 5.74) is 4.74. The highest BCUT2D eigenvalue weighted by molar-refractivity contribution is 6.05. The Morgan fingerprint density at radius 2 is 1.75 bits per heavy atom. The van der Waals surface area contributed by atoms with Gasteiger partial charge in [0.05, 0.1) is 17.4 Å². The predicted octanol–water partition coefficient (Wildman–Crippen LogP) is 4.16. The van der Waals surface area contributed by atoms with Gasteiger partial charge in [-0.3, -0.25) is 4.79 Å². The Hall–Kier alpha value is -2.88. The summed E-state index contributed by atoms with van der Waals surface area (Å²) in [6, 6.07) is 16.0. The van der Waals surface area contributed by atoms with Crippen LogP contribution in [-0.2, 0) is 0 Å². The van der Waals surface area contributed by atoms with Gasteiger partial charge < -0.3 is 4.90 Å². The van der Waals surface area contributed by atoms with Gasteiger partial charge in [0.25, 0.3) is 5.91 Å². The van der Waals surface area contributed by atoms with Crippen LogP contribution in [0, 0.1) is 13.8 Å². The molecule has 0 radical (unpaired) electrons. The molecule has 4 heteroatoms. The van der Waals surface area contributed by atoms with Crippen LogP contribution in [-0.4, -0.2) is 22.2 Å². The summed E-state index contributed by atoms with van der Waals surface area (Å²) in [7, 11) is 0. The summed E-state index contributed by atoms with van der Waals surface area (Å²) >= 11 is 0. The molecule has 3 aromatic rings. The minimum Gasteiger partial charge on any atom is -0.309 e. The summed E-state index contributed by atoms with van der Waals surface area (Å²) in [5.74, 6) is -0.0373. The topological polar surface area (TPSA) is 38.1 Å². The molecule has 0 unspecified atom stereocenters. The maximum atomic E-state index is 12.9. The number of benzene rings is 2. The van der Waals surface area contributed by atoms with Crippen molar-refractivity contribution in [3.8, 4) is 5.69 Å². The summed E-state index contributed by atoms with van der Waals surface area (Å²) in [5, 5.41) is 4.32. The Balaban J connectivity index is 1.91. The van der Waals surface area contributed by atoms with Crippen molar-refractivity contribution in [1.29, 1.82) is 0 Å². The number of carbonyl (C=O) groups is 1. The van der Waals surface area contributed by atoms with E-state index in [0.29, 0.717) is 12.1 Å². The molecule has 0 saturated carbocycles. The third kappa shape index (κ3) is 3.23. The lowest BCUT2D eigenvalue weighted by Crippen LogP contribution is -2.30. The van der Waals surface area contributed by atoms with E-state index in [9.17, 15) is 4.79 Å². The van der Waals surface area contributed by atoms with E-state index in [1.165, 1.54) is 0 Å². The molecule has 0 bridgehead atoms. The van der Waals surface area contributed by atoms with Crippen LogP contribution >= 0.6 is 0 Å². The molecule has 0 aliphatic rings. The normalized spacial score (nSPS) is 10.6. The van der Waals surface area contributed by atoms with Crippen molar-refractivity contribution in [3.63, 3.8) is 0 Å². The standard InChI is InChI=1S/C20H21N3O/c1-4-22(19-11-15(2)10-16(3)12-19)20(24)17-13-21-23(14-17)18-8-6-5-7-9-18/h5-14H,4H2,1-3H3. The van der Waals surface area contributed by atoms with Crippen LogP contribution in [0.3, 0.4) is 0 Å². The molecule has 1 amide bonds. The maximum absolute atomic E-state index is 12.9. The van der Waals surface area contributed by atoms with Crippen LogP contribution in [0.5, 0.6) is 0 Å². The highest BCUT2D eigenvalue weighted by Crippen LogP contribution is 2.21. The maximum Gasteiger partial charge on any atom is 0.261 e. The monoisotopic (exact) mass is 319 g/mol. The lowest BCUT2D eigenvalue weighted by atomic mass is 10.1. The number of carbonyl (C=O) groups excluding carboxylic acids is 1. The second-order valence-corrected chi connectivity index (χ2v) is 5.90. The number of aryl methyl sites for hydroxylation is 2. The Morgan fingerprint density at radius 1 is 1.08 bits per heavy atom. The first-order valence-electron chi connectivity index (χ1n) is 8.08. The molecule has 0 atom stereocenters. The summed E-state index contributed by atoms with van der Waals surface area (Å²) in [6.07, 6.45) is 3.41. The second-order valence-electron chi connectivity index (χ2n) is 5.90. The van der Waals surface area contributed by atoms with Gasteiger partial charge in [-0.15, -0.1) is 0 Å². The molecule has 0 spiro atoms. The molecule has 0 N–H and O–H groups in total. The van der Waals surface area contributed by atoms with Gasteiger partial charge >= 0.3 is 0 Å². The van der Waals surface area contributed by atoms with E-state index in [1.54, 1.807) is 22.0 Å². The summed E-state index contributed by atoms with van der Waals surface area (Å²) in [4.78, 5) is 14.7. The molecule has 4 nitrogen and oxygen atoms in total. The van der Waals surface area contributed by atoms with Crippen molar-refractivity contribution < 1.29 is 4.79 Å². The van der Waals surface area contributed by atoms with Crippen LogP contribution in [0.25, 0.3) is 5.69 Å². The lowest BCUT2D eigenvalue weighted by molar-refractivity contribution is 0.0988. The molecule has 0 fully saturated rings. The van der Waals surface area contributed by atoms with E-state index < -0.39 is 0 Å². The average Bonchev–Trinajstić information content (AvgIpc) is 3.05. The third-order valence-electron chi connectivity index (χ3n) is 3.93. The minimum atomic E-state index is -0.0373. The lowest BCUT2D eigenvalue weighted by Gasteiger charge is -2.21. The summed E-state index contributed by atoms with van der Waals surface area (Å²) < 4.78 is 1.72. The number of hydrogen-bond acceptors (Lipinski definition) is 2. The predicted molar refractivity (Wildman–Crippen MR) is 96.8 cm³/mol. The van der Waals surface area contributed by atoms with Crippen molar-refractivity contribution in [2.45, 2.75) is 20.8 Å². The van der Waals surface area contributed by atoms with E-state index >= 15 is 0 Å². The fourth-order valence-corrected chi connectivity index (χ4v) is 2.86. The highest BCUT2D eigenvalue weighted by atomic mass is 16.2. The molecule has 0 aliphatic carbocycles. The van der Waals surface area contributed by atoms with Crippen LogP contribution in [0.2, 0.25) is 0 Å². The molecule has 1 aromatic heterocycles. The first-order valence-corrected chi connectivity index (χ1v) is 8.08. The SMILES string of the molecule is CCN(C(=O)c1cnn(-c2ccccc2)c1)c1cc(C)cc(C)c1. The van der Waals surface area contributed by atoms with E-state index in [1.807, 2.05) is 63.2 Å². The fourth-order valence-electron chi connectivity index (χ4n) is 2.86. The van der Waals surface area contributed by atoms with Gasteiger partial charge in [0.1, 0.15) is 0 Å². The largest absolute Gasteiger partial charge is 0.309 e. The number of aromatic nitrogens is 2. The molecule has 0 saturated heterocycles. The molecule has 3 rings (SSSR count). The van der Waals surface area contributed by atoms with Gasteiger partial charge in [-0.05, 0) is 56.2 Å². The molecule has 0 aliphatic heterocycles. The Bertz CT molecular complexity index is 832. The fraction of sp³-hybridized carbons (Fsp3) is 0.200. The first kappa shape index (κ1) is 16.0. The van der Waals surface area contributed by atoms with Crippen molar-refractivity contribution >= 4 is 11.6 Å². The number of amides is 1. The van der Waals surface area contributed by atoms with Crippen LogP contribution in [0.15, 0.2) is 60.9 Å². The van der Waals surface area contributed by atoms with E-state index in [2.05, 4.69) is 11.2 Å². The van der Waals surface area contributed by atoms with Gasteiger partial charge in [0.2, 0.25) is 0 Å². The zero-order valence-corrected chi connectivity index (χ0v) is 14.2. The molecular weight excluding hydrogens is 298 g/mol. The van der Waals surface area contributed by atoms with Gasteiger partial charge in [-0.2, -0.15) is 5.10 Å². The Labute approximate surface area is 142 Å². The molecule has 122 valence electrons. The van der Waals surface area contributed by atoms with Gasteiger partial charge in [-0.1, -0.05) is 24.3 Å². The molecule has 1 heterocycles. The smallest absolute Gasteiger partial charge is 0.261 e. The van der Waals surface area contributed by atoms with Crippen molar-refractivity contribution in [2.24, 2.45) is 0 Å². The minimum absolute atomic E-state index is 0.0373. The number of anilines is 1. The quantitative estimate of drug-likeness (QED) is 0.724. The van der Waals surface area contributed by atoms with Crippen LogP contribution in [0.1, 0.15) is 28.4 Å². The second kappa shape index (κ2) is 6.71.